The number of hydrogen-bond acceptors (Lipinski definition) is 1. The highest BCUT2D eigenvalue weighted by molar-refractivity contribution is 4.95. The van der Waals surface area contributed by atoms with Gasteiger partial charge in [-0.15, -0.1) is 0 Å². The molecule has 0 fully saturated rings. The molecule has 1 rings (SSSR count). The highest BCUT2D eigenvalue weighted by Crippen LogP contribution is 2.14. The van der Waals surface area contributed by atoms with E-state index < -0.39 is 0 Å². The summed E-state index contributed by atoms with van der Waals surface area (Å²) in [6.45, 7) is 4.98. The van der Waals surface area contributed by atoms with Gasteiger partial charge >= 0.3 is 0 Å². The van der Waals surface area contributed by atoms with E-state index in [1.54, 1.807) is 0 Å². The van der Waals surface area contributed by atoms with E-state index in [0.29, 0.717) is 6.10 Å². The Hall–Kier alpha value is -0.560. The van der Waals surface area contributed by atoms with Gasteiger partial charge in [0.05, 0.1) is 12.7 Å². The van der Waals surface area contributed by atoms with Gasteiger partial charge in [0.25, 0.3) is 0 Å². The Morgan fingerprint density at radius 3 is 3.00 bits per heavy atom. The van der Waals surface area contributed by atoms with Crippen molar-refractivity contribution in [2.45, 2.75) is 52.1 Å². The molecule has 1 atom stereocenters. The fourth-order valence-corrected chi connectivity index (χ4v) is 1.61. The highest BCUT2D eigenvalue weighted by atomic mass is 16.5. The lowest BCUT2D eigenvalue weighted by molar-refractivity contribution is 0.0990. The molecule has 1 aliphatic rings. The van der Waals surface area contributed by atoms with Gasteiger partial charge in [0.2, 0.25) is 0 Å². The number of ether oxygens (including phenoxy) is 1. The molecule has 0 aliphatic heterocycles. The Bertz CT molecular complexity index is 199. The molecule has 0 saturated heterocycles. The van der Waals surface area contributed by atoms with Gasteiger partial charge in [0.15, 0.2) is 0 Å². The van der Waals surface area contributed by atoms with E-state index in [-0.39, 0.29) is 0 Å². The molecule has 0 heterocycles. The van der Waals surface area contributed by atoms with E-state index in [2.05, 4.69) is 32.1 Å². The van der Waals surface area contributed by atoms with Crippen LogP contribution in [0, 0.1) is 0 Å². The van der Waals surface area contributed by atoms with Crippen LogP contribution in [0.5, 0.6) is 0 Å². The summed E-state index contributed by atoms with van der Waals surface area (Å²) in [5.74, 6) is 0. The quantitative estimate of drug-likeness (QED) is 0.620. The maximum Gasteiger partial charge on any atom is 0.0760 e. The molecule has 1 nitrogen and oxygen atoms in total. The van der Waals surface area contributed by atoms with Crippen molar-refractivity contribution in [3.8, 4) is 0 Å². The number of allylic oxidation sites excluding steroid dienone is 2. The van der Waals surface area contributed by atoms with Crippen molar-refractivity contribution in [2.75, 3.05) is 6.61 Å². The average Bonchev–Trinajstić information content (AvgIpc) is 2.07. The fraction of sp³-hybridized carbons (Fsp3) is 0.692. The highest BCUT2D eigenvalue weighted by Gasteiger charge is 2.05. The van der Waals surface area contributed by atoms with Crippen LogP contribution in [0.15, 0.2) is 23.8 Å². The molecule has 80 valence electrons. The van der Waals surface area contributed by atoms with Gasteiger partial charge in [-0.1, -0.05) is 36.6 Å². The molecular weight excluding hydrogens is 172 g/mol. The first-order valence-electron chi connectivity index (χ1n) is 5.70. The second kappa shape index (κ2) is 6.83. The van der Waals surface area contributed by atoms with Crippen LogP contribution in [-0.4, -0.2) is 12.7 Å². The summed E-state index contributed by atoms with van der Waals surface area (Å²) in [5, 5.41) is 0. The second-order valence-corrected chi connectivity index (χ2v) is 4.22. The third-order valence-corrected chi connectivity index (χ3v) is 2.51. The fourth-order valence-electron chi connectivity index (χ4n) is 1.61. The van der Waals surface area contributed by atoms with Gasteiger partial charge in [-0.05, 0) is 33.1 Å². The molecule has 0 aromatic rings. The molecule has 0 aromatic heterocycles. The molecule has 0 aromatic carbocycles. The van der Waals surface area contributed by atoms with Gasteiger partial charge in [-0.3, -0.25) is 0 Å². The van der Waals surface area contributed by atoms with Crippen LogP contribution < -0.4 is 0 Å². The zero-order chi connectivity index (χ0) is 10.2. The normalized spacial score (nSPS) is 24.9. The molecule has 0 amide bonds. The molecule has 0 N–H and O–H groups in total. The molecule has 1 unspecified atom stereocenters. The van der Waals surface area contributed by atoms with E-state index in [1.165, 1.54) is 37.7 Å². The number of hydrogen-bond donors (Lipinski definition) is 0. The topological polar surface area (TPSA) is 9.23 Å². The zero-order valence-electron chi connectivity index (χ0n) is 9.46. The van der Waals surface area contributed by atoms with Gasteiger partial charge in [-0.2, -0.15) is 0 Å². The Morgan fingerprint density at radius 1 is 1.36 bits per heavy atom. The third-order valence-electron chi connectivity index (χ3n) is 2.51. The van der Waals surface area contributed by atoms with Crippen molar-refractivity contribution in [3.05, 3.63) is 23.8 Å². The van der Waals surface area contributed by atoms with E-state index in [4.69, 9.17) is 4.74 Å². The molecule has 0 radical (unpaired) electrons. The number of rotatable bonds is 3. The van der Waals surface area contributed by atoms with Crippen molar-refractivity contribution in [1.82, 2.24) is 0 Å². The summed E-state index contributed by atoms with van der Waals surface area (Å²) in [5.41, 5.74) is 1.33. The van der Waals surface area contributed by atoms with Crippen LogP contribution in [0.4, 0.5) is 0 Å². The van der Waals surface area contributed by atoms with Crippen LogP contribution in [0.1, 0.15) is 46.0 Å². The third kappa shape index (κ3) is 5.23. The summed E-state index contributed by atoms with van der Waals surface area (Å²) in [4.78, 5) is 0. The molecule has 1 heteroatoms. The molecule has 14 heavy (non-hydrogen) atoms. The lowest BCUT2D eigenvalue weighted by atomic mass is 10.0. The zero-order valence-corrected chi connectivity index (χ0v) is 9.46. The maximum atomic E-state index is 5.77. The molecule has 0 saturated carbocycles. The summed E-state index contributed by atoms with van der Waals surface area (Å²) in [6.07, 6.45) is 13.4. The van der Waals surface area contributed by atoms with Crippen LogP contribution in [0.3, 0.4) is 0 Å². The van der Waals surface area contributed by atoms with Crippen LogP contribution in [0.2, 0.25) is 0 Å². The average molecular weight is 194 g/mol. The Kier molecular flexibility index (Phi) is 5.62. The Balaban J connectivity index is 2.27. The first-order valence-corrected chi connectivity index (χ1v) is 5.70. The van der Waals surface area contributed by atoms with E-state index in [1.807, 2.05) is 0 Å². The largest absolute Gasteiger partial charge is 0.370 e. The van der Waals surface area contributed by atoms with E-state index in [9.17, 15) is 0 Å². The predicted molar refractivity (Wildman–Crippen MR) is 61.4 cm³/mol. The van der Waals surface area contributed by atoms with Crippen molar-refractivity contribution in [1.29, 1.82) is 0 Å². The van der Waals surface area contributed by atoms with Crippen molar-refractivity contribution < 1.29 is 4.74 Å². The summed E-state index contributed by atoms with van der Waals surface area (Å²) in [6, 6.07) is 0. The van der Waals surface area contributed by atoms with Crippen molar-refractivity contribution >= 4 is 0 Å². The Morgan fingerprint density at radius 2 is 2.21 bits per heavy atom. The Labute approximate surface area is 87.8 Å². The minimum absolute atomic E-state index is 0.353. The molecule has 0 spiro atoms. The summed E-state index contributed by atoms with van der Waals surface area (Å²) in [7, 11) is 0. The smallest absolute Gasteiger partial charge is 0.0760 e. The van der Waals surface area contributed by atoms with Gasteiger partial charge in [0.1, 0.15) is 0 Å². The van der Waals surface area contributed by atoms with Crippen LogP contribution in [0.25, 0.3) is 0 Å². The second-order valence-electron chi connectivity index (χ2n) is 4.22. The molecule has 0 bridgehead atoms. The monoisotopic (exact) mass is 194 g/mol. The van der Waals surface area contributed by atoms with E-state index >= 15 is 0 Å². The molecular formula is C13H22O. The van der Waals surface area contributed by atoms with Gasteiger partial charge in [-0.25, -0.2) is 0 Å². The molecule has 1 aliphatic carbocycles. The first kappa shape index (κ1) is 11.5. The van der Waals surface area contributed by atoms with Crippen LogP contribution in [-0.2, 0) is 4.74 Å². The standard InChI is InChI=1S/C13H22O/c1-12(2)10-11-14-13-8-6-4-3-5-7-9-13/h6,8,10,13H,3-5,7,9,11H2,1-2H3/b8-6-. The predicted octanol–water partition coefficient (Wildman–Crippen LogP) is 3.86. The van der Waals surface area contributed by atoms with Crippen molar-refractivity contribution in [2.24, 2.45) is 0 Å². The minimum atomic E-state index is 0.353. The SMILES string of the molecule is CC(C)=CCOC1/C=C\CCCCC1. The summed E-state index contributed by atoms with van der Waals surface area (Å²) < 4.78 is 5.77. The first-order chi connectivity index (χ1) is 6.79. The lowest BCUT2D eigenvalue weighted by Crippen LogP contribution is -2.11. The lowest BCUT2D eigenvalue weighted by Gasteiger charge is -2.15. The van der Waals surface area contributed by atoms with Crippen LogP contribution >= 0.6 is 0 Å². The van der Waals surface area contributed by atoms with Crippen molar-refractivity contribution in [3.63, 3.8) is 0 Å². The minimum Gasteiger partial charge on any atom is -0.370 e. The maximum absolute atomic E-state index is 5.77. The van der Waals surface area contributed by atoms with Gasteiger partial charge < -0.3 is 4.74 Å². The van der Waals surface area contributed by atoms with Gasteiger partial charge in [0, 0.05) is 0 Å². The summed E-state index contributed by atoms with van der Waals surface area (Å²) >= 11 is 0. The van der Waals surface area contributed by atoms with E-state index in [0.717, 1.165) is 6.61 Å².